The van der Waals surface area contributed by atoms with Crippen LogP contribution < -0.4 is 4.90 Å². The maximum Gasteiger partial charge on any atom is 0.0547 e. The van der Waals surface area contributed by atoms with E-state index in [9.17, 15) is 0 Å². The van der Waals surface area contributed by atoms with Gasteiger partial charge in [0, 0.05) is 33.2 Å². The largest absolute Gasteiger partial charge is 0.310 e. The number of hydrogen-bond donors (Lipinski definition) is 0. The van der Waals surface area contributed by atoms with Crippen molar-refractivity contribution in [2.75, 3.05) is 4.90 Å². The molecule has 1 heterocycles. The van der Waals surface area contributed by atoms with Gasteiger partial charge < -0.3 is 9.47 Å². The molecule has 0 aliphatic heterocycles. The summed E-state index contributed by atoms with van der Waals surface area (Å²) in [7, 11) is 0. The molecule has 0 amide bonds. The SMILES string of the molecule is CC1(C)CC(C)(C)c2c(-n3c4ccc(-c5ccc(N(c6ccc(-c7ccccc7)cc6)c6ccc7c(c6)C(C)(C)c6ccccc6-7)cc5)cc4c4c5ccccc5ccc43)cccc21. The maximum absolute atomic E-state index is 2.56. The first kappa shape index (κ1) is 38.5. The predicted octanol–water partition coefficient (Wildman–Crippen LogP) is 17.0. The van der Waals surface area contributed by atoms with E-state index in [0.29, 0.717) is 0 Å². The zero-order chi connectivity index (χ0) is 43.5. The third kappa shape index (κ3) is 5.78. The van der Waals surface area contributed by atoms with Crippen LogP contribution in [0.2, 0.25) is 0 Å². The third-order valence-electron chi connectivity index (χ3n) is 14.7. The summed E-state index contributed by atoms with van der Waals surface area (Å²) in [6.07, 6.45) is 1.13. The van der Waals surface area contributed by atoms with Gasteiger partial charge in [0.1, 0.15) is 0 Å². The van der Waals surface area contributed by atoms with E-state index < -0.39 is 0 Å². The summed E-state index contributed by atoms with van der Waals surface area (Å²) in [5, 5.41) is 5.14. The first-order chi connectivity index (χ1) is 31.0. The lowest BCUT2D eigenvalue weighted by atomic mass is 9.81. The molecule has 64 heavy (non-hydrogen) atoms. The van der Waals surface area contributed by atoms with Crippen LogP contribution in [0.5, 0.6) is 0 Å². The summed E-state index contributed by atoms with van der Waals surface area (Å²) >= 11 is 0. The Bertz CT molecular complexity index is 3470. The highest BCUT2D eigenvalue weighted by Crippen LogP contribution is 2.53. The molecule has 2 aliphatic rings. The molecule has 0 N–H and O–H groups in total. The topological polar surface area (TPSA) is 8.17 Å². The van der Waals surface area contributed by atoms with Crippen molar-refractivity contribution in [3.8, 4) is 39.1 Å². The van der Waals surface area contributed by atoms with Gasteiger partial charge in [0.25, 0.3) is 0 Å². The van der Waals surface area contributed by atoms with Crippen molar-refractivity contribution < 1.29 is 0 Å². The van der Waals surface area contributed by atoms with Crippen molar-refractivity contribution in [2.24, 2.45) is 0 Å². The number of aromatic nitrogens is 1. The molecule has 0 unspecified atom stereocenters. The van der Waals surface area contributed by atoms with Gasteiger partial charge in [-0.05, 0) is 144 Å². The second kappa shape index (κ2) is 13.9. The van der Waals surface area contributed by atoms with Crippen molar-refractivity contribution in [1.82, 2.24) is 4.57 Å². The first-order valence-corrected chi connectivity index (χ1v) is 22.9. The van der Waals surface area contributed by atoms with Gasteiger partial charge in [-0.15, -0.1) is 0 Å². The molecule has 0 saturated heterocycles. The highest BCUT2D eigenvalue weighted by Gasteiger charge is 2.44. The molecule has 2 heteroatoms. The number of anilines is 3. The van der Waals surface area contributed by atoms with Crippen molar-refractivity contribution in [3.05, 3.63) is 216 Å². The normalized spacial score (nSPS) is 15.3. The molecule has 2 aliphatic carbocycles. The minimum atomic E-state index is -0.102. The highest BCUT2D eigenvalue weighted by molar-refractivity contribution is 6.22. The van der Waals surface area contributed by atoms with Crippen molar-refractivity contribution in [3.63, 3.8) is 0 Å². The van der Waals surface area contributed by atoms with Crippen LogP contribution in [0.1, 0.15) is 70.2 Å². The summed E-state index contributed by atoms with van der Waals surface area (Å²) in [6, 6.07) is 72.5. The average Bonchev–Trinajstić information content (AvgIpc) is 3.85. The smallest absolute Gasteiger partial charge is 0.0547 e. The van der Waals surface area contributed by atoms with Crippen LogP contribution in [0.4, 0.5) is 17.1 Å². The molecule has 0 fully saturated rings. The van der Waals surface area contributed by atoms with E-state index in [-0.39, 0.29) is 16.2 Å². The van der Waals surface area contributed by atoms with Gasteiger partial charge in [0.15, 0.2) is 0 Å². The second-order valence-corrected chi connectivity index (χ2v) is 20.1. The van der Waals surface area contributed by atoms with E-state index in [0.717, 1.165) is 23.5 Å². The van der Waals surface area contributed by atoms with Crippen molar-refractivity contribution in [1.29, 1.82) is 0 Å². The average molecular weight is 825 g/mol. The zero-order valence-corrected chi connectivity index (χ0v) is 37.6. The third-order valence-corrected chi connectivity index (χ3v) is 14.7. The van der Waals surface area contributed by atoms with Gasteiger partial charge >= 0.3 is 0 Å². The Morgan fingerprint density at radius 2 is 1.00 bits per heavy atom. The Kier molecular flexibility index (Phi) is 8.38. The van der Waals surface area contributed by atoms with Crippen molar-refractivity contribution in [2.45, 2.75) is 64.2 Å². The fourth-order valence-electron chi connectivity index (χ4n) is 12.0. The molecule has 10 aromatic rings. The Labute approximate surface area is 377 Å². The van der Waals surface area contributed by atoms with Crippen LogP contribution in [0, 0.1) is 0 Å². The van der Waals surface area contributed by atoms with Crippen LogP contribution in [-0.2, 0) is 16.2 Å². The standard InChI is InChI=1S/C62H52N2/c1-60(2)39-61(3,4)59-53(60)21-14-22-57(59)64-55-35-28-44(37-51(55)58-48-18-11-10-17-43(48)27-36-56(58)64)42-25-31-46(32-26-42)63(45-29-23-41(24-30-45)40-15-8-7-9-16-40)47-33-34-50-49-19-12-13-20-52(49)62(5,6)54(50)38-47/h7-38H,39H2,1-6H3. The van der Waals surface area contributed by atoms with Gasteiger partial charge in [0.05, 0.1) is 16.7 Å². The minimum Gasteiger partial charge on any atom is -0.310 e. The molecule has 12 rings (SSSR count). The lowest BCUT2D eigenvalue weighted by Gasteiger charge is -2.28. The Balaban J connectivity index is 0.995. The molecular weight excluding hydrogens is 773 g/mol. The fraction of sp³-hybridized carbons (Fsp3) is 0.161. The van der Waals surface area contributed by atoms with E-state index in [1.165, 1.54) is 93.9 Å². The number of rotatable bonds is 6. The predicted molar refractivity (Wildman–Crippen MR) is 272 cm³/mol. The number of hydrogen-bond acceptors (Lipinski definition) is 1. The first-order valence-electron chi connectivity index (χ1n) is 22.9. The molecule has 1 aromatic heterocycles. The quantitative estimate of drug-likeness (QED) is 0.162. The summed E-state index contributed by atoms with van der Waals surface area (Å²) in [6.45, 7) is 14.4. The minimum absolute atomic E-state index is 0.0513. The number of benzene rings is 9. The molecule has 0 atom stereocenters. The summed E-state index contributed by atoms with van der Waals surface area (Å²) in [5.74, 6) is 0. The number of nitrogens with zero attached hydrogens (tertiary/aromatic N) is 2. The fourth-order valence-corrected chi connectivity index (χ4v) is 12.0. The summed E-state index contributed by atoms with van der Waals surface area (Å²) < 4.78 is 2.56. The van der Waals surface area contributed by atoms with Gasteiger partial charge in [-0.25, -0.2) is 0 Å². The van der Waals surface area contributed by atoms with Crippen LogP contribution >= 0.6 is 0 Å². The second-order valence-electron chi connectivity index (χ2n) is 20.1. The summed E-state index contributed by atoms with van der Waals surface area (Å²) in [4.78, 5) is 2.42. The van der Waals surface area contributed by atoms with Crippen LogP contribution in [0.3, 0.4) is 0 Å². The Hall–Kier alpha value is -7.16. The van der Waals surface area contributed by atoms with Gasteiger partial charge in [0.2, 0.25) is 0 Å². The monoisotopic (exact) mass is 824 g/mol. The van der Waals surface area contributed by atoms with Crippen LogP contribution in [0.15, 0.2) is 194 Å². The van der Waals surface area contributed by atoms with Gasteiger partial charge in [-0.1, -0.05) is 175 Å². The molecule has 0 saturated carbocycles. The zero-order valence-electron chi connectivity index (χ0n) is 37.6. The molecule has 0 radical (unpaired) electrons. The molecule has 0 spiro atoms. The van der Waals surface area contributed by atoms with E-state index >= 15 is 0 Å². The lowest BCUT2D eigenvalue weighted by molar-refractivity contribution is 0.403. The van der Waals surface area contributed by atoms with Crippen LogP contribution in [0.25, 0.3) is 71.6 Å². The summed E-state index contributed by atoms with van der Waals surface area (Å²) in [5.41, 5.74) is 20.5. The van der Waals surface area contributed by atoms with Gasteiger partial charge in [-0.2, -0.15) is 0 Å². The Morgan fingerprint density at radius 1 is 0.406 bits per heavy atom. The molecule has 9 aromatic carbocycles. The van der Waals surface area contributed by atoms with Crippen molar-refractivity contribution >= 4 is 49.6 Å². The molecule has 310 valence electrons. The van der Waals surface area contributed by atoms with E-state index in [1.807, 2.05) is 0 Å². The van der Waals surface area contributed by atoms with Gasteiger partial charge in [-0.3, -0.25) is 0 Å². The van der Waals surface area contributed by atoms with E-state index in [1.54, 1.807) is 0 Å². The Morgan fingerprint density at radius 3 is 1.77 bits per heavy atom. The lowest BCUT2D eigenvalue weighted by Crippen LogP contribution is -2.18. The molecule has 0 bridgehead atoms. The molecular formula is C62H52N2. The van der Waals surface area contributed by atoms with E-state index in [2.05, 4.69) is 245 Å². The number of fused-ring (bicyclic) bond motifs is 9. The highest BCUT2D eigenvalue weighted by atomic mass is 15.1. The molecule has 2 nitrogen and oxygen atoms in total. The van der Waals surface area contributed by atoms with Crippen LogP contribution in [-0.4, -0.2) is 4.57 Å². The van der Waals surface area contributed by atoms with E-state index in [4.69, 9.17) is 0 Å². The maximum atomic E-state index is 2.56.